The van der Waals surface area contributed by atoms with Crippen molar-refractivity contribution in [2.45, 2.75) is 69.9 Å². The average Bonchev–Trinajstić information content (AvgIpc) is 3.03. The molecule has 0 spiro atoms. The molecule has 10 heteroatoms. The van der Waals surface area contributed by atoms with E-state index in [4.69, 9.17) is 23.2 Å². The van der Waals surface area contributed by atoms with Crippen molar-refractivity contribution in [1.29, 1.82) is 0 Å². The van der Waals surface area contributed by atoms with Gasteiger partial charge in [0.05, 0.1) is 6.04 Å². The van der Waals surface area contributed by atoms with Gasteiger partial charge >= 0.3 is 6.18 Å². The molecule has 3 heterocycles. The second-order valence-corrected chi connectivity index (χ2v) is 9.15. The van der Waals surface area contributed by atoms with E-state index >= 15 is 0 Å². The Morgan fingerprint density at radius 3 is 2.32 bits per heavy atom. The van der Waals surface area contributed by atoms with Crippen LogP contribution in [0.5, 0.6) is 0 Å². The Labute approximate surface area is 188 Å². The molecule has 0 unspecified atom stereocenters. The summed E-state index contributed by atoms with van der Waals surface area (Å²) in [6.45, 7) is 3.87. The van der Waals surface area contributed by atoms with Gasteiger partial charge in [0, 0.05) is 23.5 Å². The van der Waals surface area contributed by atoms with E-state index in [0.29, 0.717) is 10.6 Å². The molecule has 4 rings (SSSR count). The number of piperidine rings is 1. The van der Waals surface area contributed by atoms with Crippen LogP contribution in [-0.2, 0) is 0 Å². The highest BCUT2D eigenvalue weighted by Gasteiger charge is 2.48. The number of carbonyl (C=O) groups is 1. The summed E-state index contributed by atoms with van der Waals surface area (Å²) in [6, 6.07) is 4.00. The topological polar surface area (TPSA) is 50.2 Å². The van der Waals surface area contributed by atoms with E-state index in [1.165, 1.54) is 0 Å². The minimum Gasteiger partial charge on any atom is -0.362 e. The van der Waals surface area contributed by atoms with Crippen LogP contribution < -0.4 is 5.32 Å². The number of amides is 1. The third kappa shape index (κ3) is 4.12. The molecule has 2 aromatic rings. The number of benzene rings is 1. The number of anilines is 1. The fourth-order valence-electron chi connectivity index (χ4n) is 4.58. The minimum atomic E-state index is -4.55. The van der Waals surface area contributed by atoms with Crippen LogP contribution in [-0.4, -0.2) is 38.8 Å². The van der Waals surface area contributed by atoms with Gasteiger partial charge in [-0.2, -0.15) is 18.3 Å². The molecule has 5 nitrogen and oxygen atoms in total. The second kappa shape index (κ2) is 8.20. The fourth-order valence-corrected chi connectivity index (χ4v) is 4.97. The summed E-state index contributed by atoms with van der Waals surface area (Å²) in [4.78, 5) is 14.9. The lowest BCUT2D eigenvalue weighted by molar-refractivity contribution is -0.173. The maximum Gasteiger partial charge on any atom is 0.410 e. The lowest BCUT2D eigenvalue weighted by Crippen LogP contribution is -2.47. The smallest absolute Gasteiger partial charge is 0.362 e. The van der Waals surface area contributed by atoms with E-state index in [9.17, 15) is 18.0 Å². The van der Waals surface area contributed by atoms with E-state index in [-0.39, 0.29) is 35.0 Å². The lowest BCUT2D eigenvalue weighted by atomic mass is 9.96. The van der Waals surface area contributed by atoms with Crippen molar-refractivity contribution < 1.29 is 18.0 Å². The fraction of sp³-hybridized carbons (Fsp3) is 0.524. The van der Waals surface area contributed by atoms with Gasteiger partial charge in [0.1, 0.15) is 10.8 Å². The zero-order valence-electron chi connectivity index (χ0n) is 17.1. The molecule has 0 bridgehead atoms. The molecular weight excluding hydrogens is 452 g/mol. The van der Waals surface area contributed by atoms with Crippen LogP contribution in [0.3, 0.4) is 0 Å². The Hall–Kier alpha value is -1.93. The highest BCUT2D eigenvalue weighted by atomic mass is 35.5. The summed E-state index contributed by atoms with van der Waals surface area (Å²) in [6.07, 6.45) is -2.16. The van der Waals surface area contributed by atoms with Crippen molar-refractivity contribution >= 4 is 34.9 Å². The molecule has 31 heavy (non-hydrogen) atoms. The van der Waals surface area contributed by atoms with E-state index in [2.05, 4.69) is 10.4 Å². The number of aromatic nitrogens is 2. The third-order valence-corrected chi connectivity index (χ3v) is 6.81. The van der Waals surface area contributed by atoms with Crippen LogP contribution in [0.4, 0.5) is 19.0 Å². The molecule has 1 N–H and O–H groups in total. The normalized spacial score (nSPS) is 26.4. The molecular formula is C21H23Cl2F3N4O. The summed E-state index contributed by atoms with van der Waals surface area (Å²) < 4.78 is 42.7. The molecule has 1 amide bonds. The third-order valence-electron chi connectivity index (χ3n) is 6.20. The molecule has 1 aromatic heterocycles. The largest absolute Gasteiger partial charge is 0.410 e. The van der Waals surface area contributed by atoms with Crippen molar-refractivity contribution in [2.24, 2.45) is 0 Å². The van der Waals surface area contributed by atoms with Crippen LogP contribution in [0.15, 0.2) is 24.3 Å². The molecule has 2 aliphatic heterocycles. The van der Waals surface area contributed by atoms with Crippen molar-refractivity contribution in [2.75, 3.05) is 5.32 Å². The maximum absolute atomic E-state index is 13.9. The Morgan fingerprint density at radius 1 is 1.13 bits per heavy atom. The summed E-state index contributed by atoms with van der Waals surface area (Å²) >= 11 is 12.4. The second-order valence-electron chi connectivity index (χ2n) is 8.34. The van der Waals surface area contributed by atoms with Crippen LogP contribution in [0.1, 0.15) is 67.7 Å². The van der Waals surface area contributed by atoms with Gasteiger partial charge in [-0.15, -0.1) is 0 Å². The van der Waals surface area contributed by atoms with Gasteiger partial charge in [-0.1, -0.05) is 35.3 Å². The quantitative estimate of drug-likeness (QED) is 0.559. The number of hydrogen-bond acceptors (Lipinski definition) is 3. The molecule has 168 valence electrons. The Morgan fingerprint density at radius 2 is 1.74 bits per heavy atom. The first kappa shape index (κ1) is 22.3. The summed E-state index contributed by atoms with van der Waals surface area (Å²) in [7, 11) is 0. The number of rotatable bonds is 2. The maximum atomic E-state index is 13.9. The van der Waals surface area contributed by atoms with Crippen molar-refractivity contribution in [3.05, 3.63) is 45.6 Å². The Balaban J connectivity index is 1.74. The van der Waals surface area contributed by atoms with Gasteiger partial charge in [-0.05, 0) is 50.8 Å². The highest BCUT2D eigenvalue weighted by molar-refractivity contribution is 6.36. The molecule has 1 saturated heterocycles. The number of halogens is 5. The van der Waals surface area contributed by atoms with Gasteiger partial charge in [0.25, 0.3) is 5.91 Å². The van der Waals surface area contributed by atoms with Crippen LogP contribution >= 0.6 is 23.2 Å². The van der Waals surface area contributed by atoms with Crippen LogP contribution in [0.2, 0.25) is 10.0 Å². The Kier molecular flexibility index (Phi) is 5.89. The van der Waals surface area contributed by atoms with Crippen LogP contribution in [0, 0.1) is 0 Å². The monoisotopic (exact) mass is 474 g/mol. The summed E-state index contributed by atoms with van der Waals surface area (Å²) in [5, 5.41) is 7.55. The number of nitrogens with zero attached hydrogens (tertiary/aromatic N) is 3. The summed E-state index contributed by atoms with van der Waals surface area (Å²) in [5.41, 5.74) is 0.504. The number of alkyl halides is 3. The van der Waals surface area contributed by atoms with Gasteiger partial charge < -0.3 is 10.2 Å². The number of nitrogens with one attached hydrogen (secondary N) is 1. The van der Waals surface area contributed by atoms with Gasteiger partial charge in [-0.3, -0.25) is 4.79 Å². The lowest BCUT2D eigenvalue weighted by Gasteiger charge is -2.38. The number of carbonyl (C=O) groups excluding carboxylic acids is 1. The molecule has 0 radical (unpaired) electrons. The van der Waals surface area contributed by atoms with Crippen LogP contribution in [0.25, 0.3) is 0 Å². The standard InChI is InChI=1S/C21H23Cl2F3N4O/c1-11-4-3-5-12(2)29(11)20(31)18-17(23)19-27-15(13-6-8-14(22)9-7-13)10-16(21(24,25)26)30(19)28-18/h6-9,11-12,15-16,27H,3-5,10H2,1-2H3/t11-,12-,15+,16+/m0/s1. The first-order valence-corrected chi connectivity index (χ1v) is 11.0. The predicted molar refractivity (Wildman–Crippen MR) is 114 cm³/mol. The number of hydrogen-bond donors (Lipinski definition) is 1. The Bertz CT molecular complexity index is 966. The zero-order valence-corrected chi connectivity index (χ0v) is 18.6. The predicted octanol–water partition coefficient (Wildman–Crippen LogP) is 6.25. The average molecular weight is 475 g/mol. The van der Waals surface area contributed by atoms with Crippen molar-refractivity contribution in [3.63, 3.8) is 0 Å². The summed E-state index contributed by atoms with van der Waals surface area (Å²) in [5.74, 6) is -0.423. The highest BCUT2D eigenvalue weighted by Crippen LogP contribution is 2.46. The number of fused-ring (bicyclic) bond motifs is 1. The minimum absolute atomic E-state index is 0.0101. The molecule has 1 fully saturated rings. The van der Waals surface area contributed by atoms with E-state index in [1.54, 1.807) is 29.2 Å². The van der Waals surface area contributed by atoms with E-state index < -0.39 is 24.2 Å². The molecule has 1 aromatic carbocycles. The molecule has 0 saturated carbocycles. The molecule has 4 atom stereocenters. The van der Waals surface area contributed by atoms with Crippen molar-refractivity contribution in [3.8, 4) is 0 Å². The first-order valence-electron chi connectivity index (χ1n) is 10.3. The van der Waals surface area contributed by atoms with E-state index in [1.807, 2.05) is 13.8 Å². The SMILES string of the molecule is C[C@H]1CCC[C@H](C)N1C(=O)c1nn2c(c1Cl)N[C@@H](c1ccc(Cl)cc1)C[C@@H]2C(F)(F)F. The molecule has 2 aliphatic rings. The van der Waals surface area contributed by atoms with E-state index in [0.717, 1.165) is 23.9 Å². The zero-order chi connectivity index (χ0) is 22.5. The van der Waals surface area contributed by atoms with Gasteiger partial charge in [0.15, 0.2) is 11.7 Å². The van der Waals surface area contributed by atoms with Gasteiger partial charge in [0.2, 0.25) is 0 Å². The number of likely N-dealkylation sites (tertiary alicyclic amines) is 1. The molecule has 0 aliphatic carbocycles. The first-order chi connectivity index (χ1) is 14.6. The van der Waals surface area contributed by atoms with Gasteiger partial charge in [-0.25, -0.2) is 4.68 Å². The van der Waals surface area contributed by atoms with Crippen molar-refractivity contribution in [1.82, 2.24) is 14.7 Å².